The summed E-state index contributed by atoms with van der Waals surface area (Å²) >= 11 is 1.36. The van der Waals surface area contributed by atoms with E-state index in [1.165, 1.54) is 23.9 Å². The minimum atomic E-state index is -0.467. The summed E-state index contributed by atoms with van der Waals surface area (Å²) in [4.78, 5) is 25.3. The molecule has 0 bridgehead atoms. The molecular weight excluding hydrogens is 404 g/mol. The van der Waals surface area contributed by atoms with E-state index in [2.05, 4.69) is 31.9 Å². The molecule has 1 saturated carbocycles. The highest BCUT2D eigenvalue weighted by Crippen LogP contribution is 2.41. The Bertz CT molecular complexity index is 950. The van der Waals surface area contributed by atoms with Crippen molar-refractivity contribution in [2.45, 2.75) is 50.7 Å². The van der Waals surface area contributed by atoms with Gasteiger partial charge in [0.2, 0.25) is 11.9 Å². The molecule has 9 nitrogen and oxygen atoms in total. The molecule has 1 saturated heterocycles. The maximum atomic E-state index is 12.5. The summed E-state index contributed by atoms with van der Waals surface area (Å²) in [6.07, 6.45) is 4.54. The quantitative estimate of drug-likeness (QED) is 0.404. The van der Waals surface area contributed by atoms with Crippen molar-refractivity contribution >= 4 is 35.0 Å². The summed E-state index contributed by atoms with van der Waals surface area (Å²) in [5, 5.41) is 23.3. The smallest absolute Gasteiger partial charge is 0.271 e. The number of nitro benzene ring substituents is 1. The second kappa shape index (κ2) is 8.63. The number of hydrogen-bond donors (Lipinski definition) is 1. The third-order valence-electron chi connectivity index (χ3n) is 5.66. The average Bonchev–Trinajstić information content (AvgIpc) is 3.47. The lowest BCUT2D eigenvalue weighted by molar-refractivity contribution is -0.384. The number of aromatic nitrogens is 3. The van der Waals surface area contributed by atoms with Gasteiger partial charge >= 0.3 is 0 Å². The summed E-state index contributed by atoms with van der Waals surface area (Å²) in [6.45, 7) is 6.07. The van der Waals surface area contributed by atoms with Crippen molar-refractivity contribution in [1.29, 1.82) is 0 Å². The van der Waals surface area contributed by atoms with E-state index >= 15 is 0 Å². The van der Waals surface area contributed by atoms with Crippen molar-refractivity contribution < 1.29 is 9.72 Å². The van der Waals surface area contributed by atoms with Crippen molar-refractivity contribution in [3.05, 3.63) is 33.9 Å². The molecule has 2 aliphatic rings. The second-order valence-electron chi connectivity index (χ2n) is 8.15. The predicted octanol–water partition coefficient (Wildman–Crippen LogP) is 3.80. The molecule has 160 valence electrons. The van der Waals surface area contributed by atoms with Crippen molar-refractivity contribution in [2.75, 3.05) is 29.1 Å². The maximum absolute atomic E-state index is 12.5. The number of benzene rings is 1. The van der Waals surface area contributed by atoms with E-state index < -0.39 is 4.92 Å². The van der Waals surface area contributed by atoms with Gasteiger partial charge in [0, 0.05) is 31.3 Å². The normalized spacial score (nSPS) is 17.2. The zero-order chi connectivity index (χ0) is 21.3. The molecule has 0 spiro atoms. The van der Waals surface area contributed by atoms with E-state index in [9.17, 15) is 14.9 Å². The number of carbonyl (C=O) groups is 1. The van der Waals surface area contributed by atoms with E-state index in [0.717, 1.165) is 61.4 Å². The lowest BCUT2D eigenvalue weighted by atomic mass is 10.00. The average molecular weight is 431 g/mol. The predicted molar refractivity (Wildman–Crippen MR) is 116 cm³/mol. The monoisotopic (exact) mass is 430 g/mol. The van der Waals surface area contributed by atoms with Crippen LogP contribution < -0.4 is 10.2 Å². The van der Waals surface area contributed by atoms with Crippen molar-refractivity contribution in [3.63, 3.8) is 0 Å². The first kappa shape index (κ1) is 20.6. The van der Waals surface area contributed by atoms with Crippen LogP contribution in [0.3, 0.4) is 0 Å². The third kappa shape index (κ3) is 4.58. The van der Waals surface area contributed by atoms with Crippen LogP contribution in [0.25, 0.3) is 0 Å². The van der Waals surface area contributed by atoms with Crippen molar-refractivity contribution in [3.8, 4) is 0 Å². The van der Waals surface area contributed by atoms with Gasteiger partial charge in [0.05, 0.1) is 16.4 Å². The Hall–Kier alpha value is -2.62. The van der Waals surface area contributed by atoms with Gasteiger partial charge in [-0.3, -0.25) is 19.5 Å². The van der Waals surface area contributed by atoms with E-state index in [0.29, 0.717) is 11.7 Å². The topological polar surface area (TPSA) is 106 Å². The van der Waals surface area contributed by atoms with Crippen LogP contribution >= 0.6 is 11.8 Å². The SMILES string of the molecule is Cc1ccc([N+](=O)[O-])cc1NC(=O)CSc1nnc(N2CCC(C)CC2)n1C1CC1. The van der Waals surface area contributed by atoms with Gasteiger partial charge in [0.25, 0.3) is 5.69 Å². The summed E-state index contributed by atoms with van der Waals surface area (Å²) in [5.74, 6) is 1.61. The molecule has 1 amide bonds. The number of non-ortho nitro benzene ring substituents is 1. The van der Waals surface area contributed by atoms with Gasteiger partial charge in [-0.1, -0.05) is 24.8 Å². The number of carbonyl (C=O) groups excluding carboxylic acids is 1. The number of rotatable bonds is 7. The van der Waals surface area contributed by atoms with Crippen LogP contribution in [0.4, 0.5) is 17.3 Å². The van der Waals surface area contributed by atoms with Crippen LogP contribution in [-0.4, -0.2) is 44.4 Å². The van der Waals surface area contributed by atoms with Crippen LogP contribution in [-0.2, 0) is 4.79 Å². The molecule has 2 heterocycles. The van der Waals surface area contributed by atoms with E-state index in [1.807, 2.05) is 6.92 Å². The number of amides is 1. The van der Waals surface area contributed by atoms with E-state index in [-0.39, 0.29) is 17.3 Å². The summed E-state index contributed by atoms with van der Waals surface area (Å²) in [5.41, 5.74) is 1.20. The Morgan fingerprint density at radius 2 is 2.00 bits per heavy atom. The Morgan fingerprint density at radius 1 is 1.27 bits per heavy atom. The molecular formula is C20H26N6O3S. The van der Waals surface area contributed by atoms with Crippen LogP contribution in [0.15, 0.2) is 23.4 Å². The molecule has 1 aromatic carbocycles. The number of hydrogen-bond acceptors (Lipinski definition) is 7. The number of nitro groups is 1. The first-order chi connectivity index (χ1) is 14.4. The summed E-state index contributed by atoms with van der Waals surface area (Å²) < 4.78 is 2.19. The van der Waals surface area contributed by atoms with Crippen LogP contribution in [0, 0.1) is 23.0 Å². The lowest BCUT2D eigenvalue weighted by Crippen LogP contribution is -2.34. The van der Waals surface area contributed by atoms with Gasteiger partial charge in [-0.05, 0) is 44.1 Å². The molecule has 10 heteroatoms. The van der Waals surface area contributed by atoms with E-state index in [4.69, 9.17) is 0 Å². The van der Waals surface area contributed by atoms with Gasteiger partial charge < -0.3 is 10.2 Å². The number of piperidine rings is 1. The molecule has 1 aliphatic carbocycles. The van der Waals surface area contributed by atoms with Gasteiger partial charge in [-0.15, -0.1) is 10.2 Å². The van der Waals surface area contributed by atoms with Gasteiger partial charge in [-0.2, -0.15) is 0 Å². The fourth-order valence-electron chi connectivity index (χ4n) is 3.62. The van der Waals surface area contributed by atoms with Crippen molar-refractivity contribution in [1.82, 2.24) is 14.8 Å². The molecule has 0 unspecified atom stereocenters. The number of anilines is 2. The Morgan fingerprint density at radius 3 is 2.67 bits per heavy atom. The number of thioether (sulfide) groups is 1. The van der Waals surface area contributed by atoms with Gasteiger partial charge in [0.15, 0.2) is 5.16 Å². The second-order valence-corrected chi connectivity index (χ2v) is 9.09. The molecule has 0 atom stereocenters. The number of aryl methyl sites for hydroxylation is 1. The lowest BCUT2D eigenvalue weighted by Gasteiger charge is -2.31. The zero-order valence-electron chi connectivity index (χ0n) is 17.2. The van der Waals surface area contributed by atoms with Crippen LogP contribution in [0.5, 0.6) is 0 Å². The highest BCUT2D eigenvalue weighted by Gasteiger charge is 2.32. The Kier molecular flexibility index (Phi) is 5.94. The first-order valence-electron chi connectivity index (χ1n) is 10.3. The van der Waals surface area contributed by atoms with Gasteiger partial charge in [0.1, 0.15) is 0 Å². The maximum Gasteiger partial charge on any atom is 0.271 e. The summed E-state index contributed by atoms with van der Waals surface area (Å²) in [7, 11) is 0. The zero-order valence-corrected chi connectivity index (χ0v) is 18.0. The minimum absolute atomic E-state index is 0.0440. The molecule has 0 radical (unpaired) electrons. The fraction of sp³-hybridized carbons (Fsp3) is 0.550. The Balaban J connectivity index is 1.42. The number of nitrogens with zero attached hydrogens (tertiary/aromatic N) is 5. The third-order valence-corrected chi connectivity index (χ3v) is 6.61. The highest BCUT2D eigenvalue weighted by atomic mass is 32.2. The van der Waals surface area contributed by atoms with Crippen LogP contribution in [0.2, 0.25) is 0 Å². The molecule has 1 aliphatic heterocycles. The molecule has 2 aromatic rings. The standard InChI is InChI=1S/C20H26N6O3S/c1-13-7-9-24(10-8-13)19-22-23-20(25(19)15-5-6-15)30-12-18(27)21-17-11-16(26(28)29)4-3-14(17)2/h3-4,11,13,15H,5-10,12H2,1-2H3,(H,21,27). The highest BCUT2D eigenvalue weighted by molar-refractivity contribution is 7.99. The fourth-order valence-corrected chi connectivity index (χ4v) is 4.42. The first-order valence-corrected chi connectivity index (χ1v) is 11.3. The largest absolute Gasteiger partial charge is 0.341 e. The van der Waals surface area contributed by atoms with Crippen molar-refractivity contribution in [2.24, 2.45) is 5.92 Å². The molecule has 1 N–H and O–H groups in total. The molecule has 4 rings (SSSR count). The summed E-state index contributed by atoms with van der Waals surface area (Å²) in [6, 6.07) is 4.87. The molecule has 2 fully saturated rings. The van der Waals surface area contributed by atoms with E-state index in [1.54, 1.807) is 6.07 Å². The van der Waals surface area contributed by atoms with Crippen LogP contribution in [0.1, 0.15) is 44.2 Å². The number of nitrogens with one attached hydrogen (secondary N) is 1. The van der Waals surface area contributed by atoms with Gasteiger partial charge in [-0.25, -0.2) is 0 Å². The molecule has 30 heavy (non-hydrogen) atoms. The minimum Gasteiger partial charge on any atom is -0.341 e. The molecule has 1 aromatic heterocycles. The Labute approximate surface area is 179 Å².